The number of fused-ring (bicyclic) bond motifs is 1. The van der Waals surface area contributed by atoms with Gasteiger partial charge in [0.15, 0.2) is 0 Å². The summed E-state index contributed by atoms with van der Waals surface area (Å²) >= 11 is 0. The van der Waals surface area contributed by atoms with Crippen LogP contribution in [0.25, 0.3) is 10.8 Å². The van der Waals surface area contributed by atoms with Gasteiger partial charge in [0.2, 0.25) is 5.91 Å². The van der Waals surface area contributed by atoms with E-state index in [9.17, 15) is 9.59 Å². The minimum atomic E-state index is -0.601. The summed E-state index contributed by atoms with van der Waals surface area (Å²) in [6.45, 7) is 5.54. The molecule has 5 heteroatoms. The van der Waals surface area contributed by atoms with Gasteiger partial charge in [-0.3, -0.25) is 9.59 Å². The lowest BCUT2D eigenvalue weighted by atomic mass is 9.88. The van der Waals surface area contributed by atoms with Crippen LogP contribution in [-0.4, -0.2) is 16.5 Å². The van der Waals surface area contributed by atoms with Crippen molar-refractivity contribution in [2.45, 2.75) is 33.4 Å². The summed E-state index contributed by atoms with van der Waals surface area (Å²) in [6.07, 6.45) is 1.60. The summed E-state index contributed by atoms with van der Waals surface area (Å²) in [6, 6.07) is 10.5. The number of benzene rings is 1. The lowest BCUT2D eigenvalue weighted by Crippen LogP contribution is -2.44. The number of carbonyl (C=O) groups excluding carboxylic acids is 1. The average Bonchev–Trinajstić information content (AvgIpc) is 2.47. The number of nitrogens with zero attached hydrogens (tertiary/aromatic N) is 2. The van der Waals surface area contributed by atoms with Crippen molar-refractivity contribution in [1.29, 1.82) is 5.26 Å². The molecule has 0 aliphatic carbocycles. The molecule has 22 heavy (non-hydrogen) atoms. The molecule has 1 amide bonds. The standard InChI is InChI=1S/C17H19N3O2/c1-17(2,3)14(10-18)19-15(21)11-20-9-8-12-6-4-5-7-13(12)16(20)22/h4-9,14H,11H2,1-3H3,(H,19,21). The second kappa shape index (κ2) is 6.02. The Kier molecular flexibility index (Phi) is 4.32. The molecule has 1 unspecified atom stereocenters. The van der Waals surface area contributed by atoms with Crippen molar-refractivity contribution in [3.05, 3.63) is 46.9 Å². The second-order valence-corrected chi connectivity index (χ2v) is 6.33. The van der Waals surface area contributed by atoms with Gasteiger partial charge >= 0.3 is 0 Å². The zero-order valence-electron chi connectivity index (χ0n) is 13.0. The second-order valence-electron chi connectivity index (χ2n) is 6.33. The van der Waals surface area contributed by atoms with Crippen molar-refractivity contribution >= 4 is 16.7 Å². The number of aromatic nitrogens is 1. The fourth-order valence-corrected chi connectivity index (χ4v) is 2.16. The molecule has 5 nitrogen and oxygen atoms in total. The van der Waals surface area contributed by atoms with Crippen molar-refractivity contribution in [2.75, 3.05) is 0 Å². The molecule has 0 fully saturated rings. The molecule has 1 aromatic heterocycles. The Morgan fingerprint density at radius 3 is 2.64 bits per heavy atom. The van der Waals surface area contributed by atoms with Crippen molar-refractivity contribution in [3.63, 3.8) is 0 Å². The van der Waals surface area contributed by atoms with Crippen LogP contribution in [0.1, 0.15) is 20.8 Å². The molecule has 1 heterocycles. The number of carbonyl (C=O) groups is 1. The van der Waals surface area contributed by atoms with Crippen LogP contribution >= 0.6 is 0 Å². The first-order chi connectivity index (χ1) is 10.3. The number of nitriles is 1. The molecule has 0 aliphatic heterocycles. The summed E-state index contributed by atoms with van der Waals surface area (Å²) in [5.74, 6) is -0.348. The maximum Gasteiger partial charge on any atom is 0.258 e. The molecule has 1 N–H and O–H groups in total. The van der Waals surface area contributed by atoms with E-state index >= 15 is 0 Å². The van der Waals surface area contributed by atoms with Crippen LogP contribution in [-0.2, 0) is 11.3 Å². The summed E-state index contributed by atoms with van der Waals surface area (Å²) in [7, 11) is 0. The predicted molar refractivity (Wildman–Crippen MR) is 85.2 cm³/mol. The van der Waals surface area contributed by atoms with Gasteiger partial charge in [0.25, 0.3) is 5.56 Å². The van der Waals surface area contributed by atoms with E-state index in [1.165, 1.54) is 4.57 Å². The van der Waals surface area contributed by atoms with Crippen LogP contribution in [0, 0.1) is 16.7 Å². The molecular weight excluding hydrogens is 278 g/mol. The monoisotopic (exact) mass is 297 g/mol. The van der Waals surface area contributed by atoms with Gasteiger partial charge in [-0.05, 0) is 22.9 Å². The fraction of sp³-hybridized carbons (Fsp3) is 0.353. The van der Waals surface area contributed by atoms with Gasteiger partial charge in [0, 0.05) is 11.6 Å². The Labute approximate surface area is 129 Å². The quantitative estimate of drug-likeness (QED) is 0.942. The van der Waals surface area contributed by atoms with Crippen LogP contribution in [0.15, 0.2) is 41.3 Å². The average molecular weight is 297 g/mol. The van der Waals surface area contributed by atoms with Crippen molar-refractivity contribution < 1.29 is 4.79 Å². The van der Waals surface area contributed by atoms with E-state index in [1.54, 1.807) is 24.4 Å². The van der Waals surface area contributed by atoms with Crippen LogP contribution < -0.4 is 10.9 Å². The SMILES string of the molecule is CC(C)(C)C(C#N)NC(=O)Cn1ccc2ccccc2c1=O. The van der Waals surface area contributed by atoms with Crippen molar-refractivity contribution in [1.82, 2.24) is 9.88 Å². The van der Waals surface area contributed by atoms with Crippen LogP contribution in [0.2, 0.25) is 0 Å². The molecule has 2 rings (SSSR count). The third-order valence-electron chi connectivity index (χ3n) is 3.50. The summed E-state index contributed by atoms with van der Waals surface area (Å²) in [5, 5.41) is 13.2. The number of nitrogens with one attached hydrogen (secondary N) is 1. The number of hydrogen-bond donors (Lipinski definition) is 1. The smallest absolute Gasteiger partial charge is 0.258 e. The Hall–Kier alpha value is -2.61. The third-order valence-corrected chi connectivity index (χ3v) is 3.50. The Bertz CT molecular complexity index is 794. The van der Waals surface area contributed by atoms with Crippen LogP contribution in [0.5, 0.6) is 0 Å². The highest BCUT2D eigenvalue weighted by atomic mass is 16.2. The summed E-state index contributed by atoms with van der Waals surface area (Å²) in [5.41, 5.74) is -0.573. The third kappa shape index (κ3) is 3.34. The number of pyridine rings is 1. The topological polar surface area (TPSA) is 74.9 Å². The number of amides is 1. The van der Waals surface area contributed by atoms with Gasteiger partial charge in [-0.2, -0.15) is 5.26 Å². The van der Waals surface area contributed by atoms with Crippen LogP contribution in [0.4, 0.5) is 0 Å². The molecule has 0 bridgehead atoms. The molecule has 114 valence electrons. The predicted octanol–water partition coefficient (Wildman–Crippen LogP) is 2.06. The maximum atomic E-state index is 12.3. The fourth-order valence-electron chi connectivity index (χ4n) is 2.16. The molecule has 0 saturated carbocycles. The number of rotatable bonds is 3. The highest BCUT2D eigenvalue weighted by Gasteiger charge is 2.26. The Balaban J connectivity index is 2.21. The Morgan fingerprint density at radius 2 is 2.00 bits per heavy atom. The van der Waals surface area contributed by atoms with E-state index in [4.69, 9.17) is 5.26 Å². The lowest BCUT2D eigenvalue weighted by molar-refractivity contribution is -0.122. The summed E-state index contributed by atoms with van der Waals surface area (Å²) < 4.78 is 1.36. The van der Waals surface area contributed by atoms with Gasteiger partial charge in [-0.15, -0.1) is 0 Å². The van der Waals surface area contributed by atoms with Gasteiger partial charge in [0.05, 0.1) is 6.07 Å². The highest BCUT2D eigenvalue weighted by Crippen LogP contribution is 2.18. The van der Waals surface area contributed by atoms with E-state index in [2.05, 4.69) is 11.4 Å². The molecule has 0 radical (unpaired) electrons. The van der Waals surface area contributed by atoms with Gasteiger partial charge in [-0.1, -0.05) is 39.0 Å². The maximum absolute atomic E-state index is 12.3. The molecule has 1 aromatic carbocycles. The first kappa shape index (κ1) is 15.8. The van der Waals surface area contributed by atoms with Crippen molar-refractivity contribution in [2.24, 2.45) is 5.41 Å². The molecule has 1 atom stereocenters. The van der Waals surface area contributed by atoms with Gasteiger partial charge in [0.1, 0.15) is 12.6 Å². The van der Waals surface area contributed by atoms with Gasteiger partial charge in [-0.25, -0.2) is 0 Å². The highest BCUT2D eigenvalue weighted by molar-refractivity contribution is 5.82. The summed E-state index contributed by atoms with van der Waals surface area (Å²) in [4.78, 5) is 24.4. The molecule has 0 saturated heterocycles. The van der Waals surface area contributed by atoms with E-state index < -0.39 is 6.04 Å². The van der Waals surface area contributed by atoms with Crippen molar-refractivity contribution in [3.8, 4) is 6.07 Å². The normalized spacial score (nSPS) is 12.6. The number of hydrogen-bond acceptors (Lipinski definition) is 3. The van der Waals surface area contributed by atoms with Gasteiger partial charge < -0.3 is 9.88 Å². The molecule has 2 aromatic rings. The molecular formula is C17H19N3O2. The first-order valence-electron chi connectivity index (χ1n) is 7.10. The largest absolute Gasteiger partial charge is 0.338 e. The minimum Gasteiger partial charge on any atom is -0.338 e. The van der Waals surface area contributed by atoms with E-state index in [1.807, 2.05) is 32.9 Å². The lowest BCUT2D eigenvalue weighted by Gasteiger charge is -2.25. The van der Waals surface area contributed by atoms with Crippen LogP contribution in [0.3, 0.4) is 0 Å². The van der Waals surface area contributed by atoms with E-state index in [-0.39, 0.29) is 23.4 Å². The molecule has 0 spiro atoms. The zero-order valence-corrected chi connectivity index (χ0v) is 13.0. The first-order valence-corrected chi connectivity index (χ1v) is 7.10. The zero-order chi connectivity index (χ0) is 16.3. The van der Waals surface area contributed by atoms with E-state index in [0.717, 1.165) is 5.39 Å². The van der Waals surface area contributed by atoms with E-state index in [0.29, 0.717) is 5.39 Å². The molecule has 0 aliphatic rings. The minimum absolute atomic E-state index is 0.0993. The Morgan fingerprint density at radius 1 is 1.32 bits per heavy atom.